The van der Waals surface area contributed by atoms with Crippen LogP contribution in [0.2, 0.25) is 0 Å². The summed E-state index contributed by atoms with van der Waals surface area (Å²) in [5.41, 5.74) is 0.382. The van der Waals surface area contributed by atoms with Gasteiger partial charge < -0.3 is 15.5 Å². The van der Waals surface area contributed by atoms with E-state index >= 15 is 0 Å². The molecular formula is C10H20N4. The van der Waals surface area contributed by atoms with Crippen LogP contribution in [0.5, 0.6) is 0 Å². The molecule has 0 atom stereocenters. The summed E-state index contributed by atoms with van der Waals surface area (Å²) in [6, 6.07) is 0. The lowest BCUT2D eigenvalue weighted by Gasteiger charge is -2.47. The van der Waals surface area contributed by atoms with E-state index < -0.39 is 0 Å². The molecule has 1 saturated carbocycles. The van der Waals surface area contributed by atoms with Gasteiger partial charge in [-0.05, 0) is 33.4 Å². The molecule has 0 amide bonds. The Bertz CT molecular complexity index is 230. The van der Waals surface area contributed by atoms with Crippen LogP contribution in [-0.4, -0.2) is 50.1 Å². The number of guanidine groups is 1. The lowest BCUT2D eigenvalue weighted by molar-refractivity contribution is 0.0647. The zero-order valence-electron chi connectivity index (χ0n) is 9.14. The fraction of sp³-hybridized carbons (Fsp3) is 0.900. The van der Waals surface area contributed by atoms with E-state index in [1.54, 1.807) is 0 Å². The largest absolute Gasteiger partial charge is 0.355 e. The molecule has 2 N–H and O–H groups in total. The van der Waals surface area contributed by atoms with Crippen molar-refractivity contribution in [1.82, 2.24) is 15.5 Å². The van der Waals surface area contributed by atoms with E-state index in [0.29, 0.717) is 5.54 Å². The maximum absolute atomic E-state index is 4.33. The van der Waals surface area contributed by atoms with Gasteiger partial charge in [0, 0.05) is 18.6 Å². The first-order chi connectivity index (χ1) is 6.73. The van der Waals surface area contributed by atoms with Crippen LogP contribution in [0.4, 0.5) is 0 Å². The monoisotopic (exact) mass is 196 g/mol. The third-order valence-electron chi connectivity index (χ3n) is 3.49. The topological polar surface area (TPSA) is 39.7 Å². The molecule has 0 unspecified atom stereocenters. The molecule has 2 rings (SSSR count). The first-order valence-corrected chi connectivity index (χ1v) is 5.43. The Hall–Kier alpha value is -0.770. The predicted molar refractivity (Wildman–Crippen MR) is 58.6 cm³/mol. The van der Waals surface area contributed by atoms with E-state index in [-0.39, 0.29) is 0 Å². The molecule has 1 aliphatic carbocycles. The van der Waals surface area contributed by atoms with Crippen molar-refractivity contribution in [3.63, 3.8) is 0 Å². The summed E-state index contributed by atoms with van der Waals surface area (Å²) in [6.45, 7) is 2.92. The highest BCUT2D eigenvalue weighted by atomic mass is 15.3. The van der Waals surface area contributed by atoms with Gasteiger partial charge in [0.15, 0.2) is 5.96 Å². The second kappa shape index (κ2) is 3.77. The maximum atomic E-state index is 4.33. The van der Waals surface area contributed by atoms with Crippen LogP contribution in [-0.2, 0) is 0 Å². The van der Waals surface area contributed by atoms with E-state index in [2.05, 4.69) is 34.6 Å². The molecule has 4 nitrogen and oxygen atoms in total. The Kier molecular flexibility index (Phi) is 2.63. The first-order valence-electron chi connectivity index (χ1n) is 5.43. The van der Waals surface area contributed by atoms with Crippen LogP contribution in [0.3, 0.4) is 0 Å². The third-order valence-corrected chi connectivity index (χ3v) is 3.49. The smallest absolute Gasteiger partial charge is 0.191 e. The Labute approximate surface area is 85.8 Å². The van der Waals surface area contributed by atoms with Crippen LogP contribution < -0.4 is 10.6 Å². The molecule has 0 spiro atoms. The van der Waals surface area contributed by atoms with Gasteiger partial charge in [-0.15, -0.1) is 0 Å². The molecule has 0 aromatic rings. The lowest BCUT2D eigenvalue weighted by atomic mass is 9.75. The molecule has 1 aliphatic heterocycles. The van der Waals surface area contributed by atoms with Crippen LogP contribution in [0.1, 0.15) is 19.3 Å². The second-order valence-corrected chi connectivity index (χ2v) is 4.48. The Morgan fingerprint density at radius 2 is 2.29 bits per heavy atom. The van der Waals surface area contributed by atoms with Crippen LogP contribution in [0.25, 0.3) is 0 Å². The number of aliphatic imine (C=N–C) groups is 1. The summed E-state index contributed by atoms with van der Waals surface area (Å²) < 4.78 is 0. The van der Waals surface area contributed by atoms with Gasteiger partial charge in [-0.3, -0.25) is 4.99 Å². The lowest BCUT2D eigenvalue weighted by Crippen LogP contribution is -2.58. The molecule has 1 fully saturated rings. The van der Waals surface area contributed by atoms with E-state index in [0.717, 1.165) is 25.6 Å². The fourth-order valence-corrected chi connectivity index (χ4v) is 2.13. The van der Waals surface area contributed by atoms with Crippen LogP contribution in [0, 0.1) is 0 Å². The highest BCUT2D eigenvalue weighted by molar-refractivity contribution is 5.81. The SMILES string of the molecule is CN(C)C1(CNC2=NCCN2)CCC1. The van der Waals surface area contributed by atoms with Gasteiger partial charge in [-0.25, -0.2) is 0 Å². The average molecular weight is 196 g/mol. The summed E-state index contributed by atoms with van der Waals surface area (Å²) in [7, 11) is 4.34. The molecular weight excluding hydrogens is 176 g/mol. The first kappa shape index (κ1) is 9.77. The van der Waals surface area contributed by atoms with Gasteiger partial charge in [0.2, 0.25) is 0 Å². The summed E-state index contributed by atoms with van der Waals surface area (Å²) >= 11 is 0. The fourth-order valence-electron chi connectivity index (χ4n) is 2.13. The third kappa shape index (κ3) is 1.71. The van der Waals surface area contributed by atoms with Crippen LogP contribution in [0.15, 0.2) is 4.99 Å². The van der Waals surface area contributed by atoms with E-state index in [4.69, 9.17) is 0 Å². The quantitative estimate of drug-likeness (QED) is 0.668. The number of nitrogens with zero attached hydrogens (tertiary/aromatic N) is 2. The maximum Gasteiger partial charge on any atom is 0.191 e. The van der Waals surface area contributed by atoms with Crippen molar-refractivity contribution in [2.75, 3.05) is 33.7 Å². The van der Waals surface area contributed by atoms with Crippen molar-refractivity contribution in [2.45, 2.75) is 24.8 Å². The number of hydrogen-bond acceptors (Lipinski definition) is 4. The van der Waals surface area contributed by atoms with Gasteiger partial charge in [0.05, 0.1) is 6.54 Å². The minimum atomic E-state index is 0.382. The number of nitrogens with one attached hydrogen (secondary N) is 2. The molecule has 1 heterocycles. The number of hydrogen-bond donors (Lipinski definition) is 2. The number of likely N-dealkylation sites (N-methyl/N-ethyl adjacent to an activating group) is 1. The van der Waals surface area contributed by atoms with E-state index in [1.165, 1.54) is 19.3 Å². The standard InChI is InChI=1S/C10H20N4/c1-14(2)10(4-3-5-10)8-13-9-11-6-7-12-9/h3-8H2,1-2H3,(H2,11,12,13). The van der Waals surface area contributed by atoms with Crippen molar-refractivity contribution in [2.24, 2.45) is 4.99 Å². The highest BCUT2D eigenvalue weighted by Crippen LogP contribution is 2.35. The van der Waals surface area contributed by atoms with Crippen molar-refractivity contribution in [3.05, 3.63) is 0 Å². The van der Waals surface area contributed by atoms with Gasteiger partial charge in [0.1, 0.15) is 0 Å². The zero-order chi connectivity index (χ0) is 10.0. The van der Waals surface area contributed by atoms with Crippen molar-refractivity contribution in [1.29, 1.82) is 0 Å². The van der Waals surface area contributed by atoms with Crippen molar-refractivity contribution in [3.8, 4) is 0 Å². The number of rotatable bonds is 3. The van der Waals surface area contributed by atoms with Gasteiger partial charge in [0.25, 0.3) is 0 Å². The minimum Gasteiger partial charge on any atom is -0.355 e. The van der Waals surface area contributed by atoms with Crippen molar-refractivity contribution >= 4 is 5.96 Å². The molecule has 0 saturated heterocycles. The van der Waals surface area contributed by atoms with Crippen LogP contribution >= 0.6 is 0 Å². The zero-order valence-corrected chi connectivity index (χ0v) is 9.14. The normalized spacial score (nSPS) is 24.1. The molecule has 80 valence electrons. The summed E-state index contributed by atoms with van der Waals surface area (Å²) in [6.07, 6.45) is 3.97. The van der Waals surface area contributed by atoms with Gasteiger partial charge >= 0.3 is 0 Å². The molecule has 0 aromatic heterocycles. The average Bonchev–Trinajstić information content (AvgIpc) is 2.53. The minimum absolute atomic E-state index is 0.382. The molecule has 14 heavy (non-hydrogen) atoms. The molecule has 0 aromatic carbocycles. The summed E-state index contributed by atoms with van der Waals surface area (Å²) in [5, 5.41) is 6.64. The van der Waals surface area contributed by atoms with E-state index in [1.807, 2.05) is 0 Å². The summed E-state index contributed by atoms with van der Waals surface area (Å²) in [4.78, 5) is 6.68. The summed E-state index contributed by atoms with van der Waals surface area (Å²) in [5.74, 6) is 0.984. The van der Waals surface area contributed by atoms with Gasteiger partial charge in [-0.1, -0.05) is 0 Å². The molecule has 0 radical (unpaired) electrons. The highest BCUT2D eigenvalue weighted by Gasteiger charge is 2.38. The Morgan fingerprint density at radius 1 is 1.50 bits per heavy atom. The molecule has 0 bridgehead atoms. The van der Waals surface area contributed by atoms with E-state index in [9.17, 15) is 0 Å². The van der Waals surface area contributed by atoms with Gasteiger partial charge in [-0.2, -0.15) is 0 Å². The molecule has 2 aliphatic rings. The predicted octanol–water partition coefficient (Wildman–Crippen LogP) is 0.0195. The second-order valence-electron chi connectivity index (χ2n) is 4.48. The van der Waals surface area contributed by atoms with Crippen molar-refractivity contribution < 1.29 is 0 Å². The Balaban J connectivity index is 1.83. The molecule has 4 heteroatoms. The Morgan fingerprint density at radius 3 is 2.71 bits per heavy atom.